The average Bonchev–Trinajstić information content (AvgIpc) is 1.58. The summed E-state index contributed by atoms with van der Waals surface area (Å²) in [6.07, 6.45) is -40.5. The van der Waals surface area contributed by atoms with Gasteiger partial charge in [-0.3, -0.25) is 0 Å². The lowest BCUT2D eigenvalue weighted by atomic mass is 9.94. The van der Waals surface area contributed by atoms with Crippen LogP contribution in [0.25, 0.3) is 22.3 Å². The summed E-state index contributed by atoms with van der Waals surface area (Å²) in [5.74, 6) is -0.129. The van der Waals surface area contributed by atoms with Gasteiger partial charge in [0.1, 0.15) is 103 Å². The molecule has 500 valence electrons. The summed E-state index contributed by atoms with van der Waals surface area (Å²) in [6.45, 7) is -2.35. The van der Waals surface area contributed by atoms with Crippen molar-refractivity contribution < 1.29 is 126 Å². The average molecular weight is 1320 g/mol. The number of rotatable bonds is 13. The molecule has 12 rings (SSSR count). The molecule has 0 spiro atoms. The molecule has 18 N–H and O–H groups in total. The van der Waals surface area contributed by atoms with Crippen molar-refractivity contribution in [3.63, 3.8) is 0 Å². The Kier molecular flexibility index (Phi) is 18.3. The summed E-state index contributed by atoms with van der Waals surface area (Å²) in [6, 6.07) is 27.8. The first-order valence-corrected chi connectivity index (χ1v) is 29.2. The molecule has 0 radical (unpaired) electrons. The Labute approximate surface area is 526 Å². The van der Waals surface area contributed by atoms with Crippen LogP contribution < -0.4 is 30.2 Å². The highest BCUT2D eigenvalue weighted by Gasteiger charge is 2.48. The van der Waals surface area contributed by atoms with Gasteiger partial charge in [0.15, 0.2) is 0 Å². The molecule has 6 unspecified atom stereocenters. The minimum absolute atomic E-state index is 0.0203. The van der Waals surface area contributed by atoms with Gasteiger partial charge < -0.3 is 120 Å². The number of fused-ring (bicyclic) bond motifs is 8. The molecule has 5 aliphatic heterocycles. The predicted molar refractivity (Wildman–Crippen MR) is 311 cm³/mol. The maximum atomic E-state index is 14.9. The van der Waals surface area contributed by atoms with Gasteiger partial charge in [-0.15, -0.1) is 0 Å². The quantitative estimate of drug-likeness (QED) is 0.0653. The fourth-order valence-corrected chi connectivity index (χ4v) is 12.1. The number of halogens is 6. The second-order valence-electron chi connectivity index (χ2n) is 23.0. The van der Waals surface area contributed by atoms with Crippen LogP contribution in [0.1, 0.15) is 56.2 Å². The van der Waals surface area contributed by atoms with Gasteiger partial charge in [-0.1, -0.05) is 36.4 Å². The number of hydrogen-bond donors (Lipinski definition) is 18. The van der Waals surface area contributed by atoms with Crippen LogP contribution in [0.5, 0.6) is 17.2 Å². The Hall–Kier alpha value is -7.96. The van der Waals surface area contributed by atoms with Crippen molar-refractivity contribution in [3.05, 3.63) is 206 Å². The second-order valence-corrected chi connectivity index (χ2v) is 23.0. The van der Waals surface area contributed by atoms with Gasteiger partial charge in [0, 0.05) is 55.8 Å². The molecule has 4 aromatic carbocycles. The Balaban J connectivity index is 1.11. The topological polar surface area (TPSA) is 398 Å². The summed E-state index contributed by atoms with van der Waals surface area (Å²) in [7, 11) is 0. The van der Waals surface area contributed by atoms with Crippen molar-refractivity contribution in [1.82, 2.24) is 20.3 Å². The summed E-state index contributed by atoms with van der Waals surface area (Å²) >= 11 is 0. The van der Waals surface area contributed by atoms with E-state index in [1.165, 1.54) is 72.8 Å². The van der Waals surface area contributed by atoms with Crippen molar-refractivity contribution in [2.45, 2.75) is 117 Å². The van der Waals surface area contributed by atoms with E-state index in [1.807, 2.05) is 0 Å². The van der Waals surface area contributed by atoms with Crippen molar-refractivity contribution in [2.75, 3.05) is 19.8 Å². The van der Waals surface area contributed by atoms with Crippen molar-refractivity contribution in [1.29, 1.82) is 0 Å². The first-order valence-electron chi connectivity index (χ1n) is 29.2. The summed E-state index contributed by atoms with van der Waals surface area (Å²) in [4.78, 5) is 9.93. The monoisotopic (exact) mass is 1320 g/mol. The molecule has 30 heteroatoms. The Morgan fingerprint density at radius 1 is 0.351 bits per heavy atom. The molecular formula is C64H62F6N4O20. The molecule has 0 aliphatic carbocycles. The van der Waals surface area contributed by atoms with E-state index in [0.717, 1.165) is 0 Å². The lowest BCUT2D eigenvalue weighted by Crippen LogP contribution is -2.60. The normalized spacial score (nSPS) is 30.0. The maximum absolute atomic E-state index is 14.9. The molecule has 8 bridgehead atoms. The molecule has 3 aromatic heterocycles. The van der Waals surface area contributed by atoms with E-state index in [4.69, 9.17) is 28.4 Å². The van der Waals surface area contributed by atoms with Crippen LogP contribution in [0.2, 0.25) is 0 Å². The van der Waals surface area contributed by atoms with Crippen LogP contribution in [0.3, 0.4) is 0 Å². The minimum Gasteiger partial charge on any atom is -0.462 e. The molecule has 5 aliphatic rings. The van der Waals surface area contributed by atoms with Gasteiger partial charge in [-0.05, 0) is 113 Å². The van der Waals surface area contributed by atoms with E-state index in [9.17, 15) is 97.8 Å². The van der Waals surface area contributed by atoms with Gasteiger partial charge in [0.2, 0.25) is 18.9 Å². The Morgan fingerprint density at radius 2 is 0.670 bits per heavy atom. The lowest BCUT2D eigenvalue weighted by molar-refractivity contribution is -0.277. The third kappa shape index (κ3) is 12.5. The molecule has 7 aromatic rings. The largest absolute Gasteiger partial charge is 0.462 e. The standard InChI is InChI=1S/C64H62F6N4O20/c65-63(66,67)29-16-28(17-30(21-29)64(68,69)70)46-39-15-13-37(73-39)44(26-5-2-8-32(19-26)90-61-58(87)55(84)50(79)41(23-76)93-61)35-11-10-34(71-35)43(25-4-1-7-31(18-25)89-60-57(86)54(83)49(78)40(22-75)92-60)36-12-14-38(72-36)45(47-52(81)53(82)48(46)74-47)27-6-3-9-33(20-27)91-62-59(88)56(85)51(80)42(24-77)94-62/h1-21,40-42,49-62,71-88H,22-24H2/t40?,41?,42?,49-,50-,51-,52-,53+,54+,55+,56+,57?,58?,59?,60+,61+,62+/m1/s1. The third-order valence-corrected chi connectivity index (χ3v) is 16.9. The third-order valence-electron chi connectivity index (χ3n) is 16.9. The number of aromatic amines is 3. The highest BCUT2D eigenvalue weighted by Crippen LogP contribution is 2.44. The van der Waals surface area contributed by atoms with Crippen molar-refractivity contribution in [2.24, 2.45) is 0 Å². The van der Waals surface area contributed by atoms with E-state index < -0.39 is 164 Å². The second kappa shape index (κ2) is 26.0. The predicted octanol–water partition coefficient (Wildman–Crippen LogP) is -0.403. The molecule has 0 amide bonds. The summed E-state index contributed by atoms with van der Waals surface area (Å²) < 4.78 is 124. The highest BCUT2D eigenvalue weighted by molar-refractivity contribution is 5.89. The summed E-state index contributed by atoms with van der Waals surface area (Å²) in [5, 5.41) is 155. The summed E-state index contributed by atoms with van der Waals surface area (Å²) in [5.41, 5.74) is -4.16. The van der Waals surface area contributed by atoms with E-state index in [-0.39, 0.29) is 79.4 Å². The van der Waals surface area contributed by atoms with E-state index in [0.29, 0.717) is 28.6 Å². The highest BCUT2D eigenvalue weighted by atomic mass is 19.4. The van der Waals surface area contributed by atoms with Crippen LogP contribution >= 0.6 is 0 Å². The number of aromatic nitrogens is 3. The SMILES string of the molecule is OCC1O[C@H](Oc2cccc(C3=C4NC(=C(c5cc(C(F)(F)F)cc(C(F)(F)F)c5)c5ccc([nH]5)C(c5cccc(O[C@H]6OC(CO)[C@@H](O)[C@H](O)C6O)c5)=c5ccc([nH]5)=C(c5cccc(O[C@H]6OC(CO)[C@@H](O)[C@H](O)C6O)c5)c5ccc3[nH]5)[C@H](O)[C@@H]4O)c2)C(O)[C@@H](O)[C@@H]1O. The number of hydrogen-bond acceptors (Lipinski definition) is 21. The molecule has 24 nitrogen and oxygen atoms in total. The van der Waals surface area contributed by atoms with Crippen LogP contribution in [-0.4, -0.2) is 211 Å². The molecular weight excluding hydrogens is 1260 g/mol. The molecule has 0 saturated carbocycles. The molecule has 4 saturated heterocycles. The number of benzene rings is 4. The first kappa shape index (κ1) is 66.1. The van der Waals surface area contributed by atoms with Gasteiger partial charge in [-0.2, -0.15) is 26.3 Å². The van der Waals surface area contributed by atoms with Crippen LogP contribution in [0.15, 0.2) is 139 Å². The smallest absolute Gasteiger partial charge is 0.416 e. The number of nitrogens with one attached hydrogen (secondary N) is 4. The van der Waals surface area contributed by atoms with Crippen LogP contribution in [-0.2, 0) is 26.6 Å². The van der Waals surface area contributed by atoms with E-state index in [1.54, 1.807) is 36.4 Å². The zero-order valence-electron chi connectivity index (χ0n) is 48.5. The first-order chi connectivity index (χ1) is 44.7. The van der Waals surface area contributed by atoms with Crippen LogP contribution in [0.4, 0.5) is 26.3 Å². The van der Waals surface area contributed by atoms with Crippen LogP contribution in [0, 0.1) is 0 Å². The number of ether oxygens (including phenoxy) is 6. The molecule has 17 atom stereocenters. The fourth-order valence-electron chi connectivity index (χ4n) is 12.1. The zero-order valence-corrected chi connectivity index (χ0v) is 48.5. The molecule has 8 heterocycles. The van der Waals surface area contributed by atoms with Crippen molar-refractivity contribution >= 4 is 22.3 Å². The molecule has 4 fully saturated rings. The van der Waals surface area contributed by atoms with Gasteiger partial charge in [0.25, 0.3) is 0 Å². The number of aliphatic hydroxyl groups excluding tert-OH is 14. The molecule has 94 heavy (non-hydrogen) atoms. The van der Waals surface area contributed by atoms with Gasteiger partial charge in [-0.25, -0.2) is 0 Å². The maximum Gasteiger partial charge on any atom is 0.416 e. The lowest BCUT2D eigenvalue weighted by Gasteiger charge is -2.39. The van der Waals surface area contributed by atoms with Gasteiger partial charge >= 0.3 is 12.4 Å². The minimum atomic E-state index is -5.38. The zero-order chi connectivity index (χ0) is 67.0. The van der Waals surface area contributed by atoms with Gasteiger partial charge in [0.05, 0.1) is 42.3 Å². The number of H-pyrrole nitrogens is 3. The fraction of sp³-hybridized carbons (Fsp3) is 0.344. The van der Waals surface area contributed by atoms with E-state index >= 15 is 0 Å². The van der Waals surface area contributed by atoms with E-state index in [2.05, 4.69) is 20.3 Å². The Morgan fingerprint density at radius 3 is 1.00 bits per heavy atom. The Bertz CT molecular complexity index is 4100. The van der Waals surface area contributed by atoms with Crippen molar-refractivity contribution in [3.8, 4) is 17.2 Å². The number of alkyl halides is 6. The number of aliphatic hydroxyl groups is 14.